The maximum absolute atomic E-state index is 12.1. The Morgan fingerprint density at radius 1 is 0.682 bits per heavy atom. The van der Waals surface area contributed by atoms with Crippen LogP contribution in [0.1, 0.15) is 98.4 Å². The maximum Gasteiger partial charge on any atom is 0.131 e. The molecule has 3 aromatic carbocycles. The number of phenolic OH excluding ortho intramolecular Hbond substituents is 1. The molecule has 2 saturated carbocycles. The Morgan fingerprint density at radius 2 is 1.39 bits per heavy atom. The minimum Gasteiger partial charge on any atom is -0.508 e. The zero-order valence-electron chi connectivity index (χ0n) is 25.6. The van der Waals surface area contributed by atoms with Gasteiger partial charge in [0.05, 0.1) is 0 Å². The SMILES string of the molecule is C[C@]12CC[C@@H]3c4ccc(O)cc4CC[C@H]3[C@@H]1CC[C@@]2(O)C#Cc1cccc(C#CC2=C(C#Cc3ccccc3)CCCC2)c1. The number of aliphatic hydroxyl groups is 1. The monoisotopic (exact) mass is 576 g/mol. The summed E-state index contributed by atoms with van der Waals surface area (Å²) < 4.78 is 0. The highest BCUT2D eigenvalue weighted by Crippen LogP contribution is 2.64. The van der Waals surface area contributed by atoms with Crippen molar-refractivity contribution >= 4 is 0 Å². The van der Waals surface area contributed by atoms with Gasteiger partial charge in [-0.05, 0) is 136 Å². The fourth-order valence-corrected chi connectivity index (χ4v) is 8.64. The molecule has 7 rings (SSSR count). The number of hydrogen-bond donors (Lipinski definition) is 2. The first kappa shape index (κ1) is 28.6. The fourth-order valence-electron chi connectivity index (χ4n) is 8.64. The van der Waals surface area contributed by atoms with Gasteiger partial charge >= 0.3 is 0 Å². The van der Waals surface area contributed by atoms with Gasteiger partial charge in [-0.15, -0.1) is 0 Å². The van der Waals surface area contributed by atoms with Gasteiger partial charge in [-0.25, -0.2) is 0 Å². The summed E-state index contributed by atoms with van der Waals surface area (Å²) in [6.45, 7) is 2.29. The second kappa shape index (κ2) is 11.7. The first-order chi connectivity index (χ1) is 21.4. The van der Waals surface area contributed by atoms with Gasteiger partial charge in [0.25, 0.3) is 0 Å². The highest BCUT2D eigenvalue weighted by molar-refractivity contribution is 5.52. The van der Waals surface area contributed by atoms with E-state index < -0.39 is 5.60 Å². The second-order valence-corrected chi connectivity index (χ2v) is 13.5. The molecule has 2 fully saturated rings. The number of hydrogen-bond acceptors (Lipinski definition) is 2. The maximum atomic E-state index is 12.1. The van der Waals surface area contributed by atoms with E-state index in [1.807, 2.05) is 60.7 Å². The standard InChI is InChI=1S/C42H40O2/c1-41-25-23-38-37-21-19-36(43)29-35(37)18-20-39(38)40(41)24-27-42(41,44)26-22-32-11-7-10-31(28-32)15-17-34-13-6-5-12-33(34)16-14-30-8-3-2-4-9-30/h2-4,7-11,19,21,28-29,38-40,43-44H,5-6,12-13,18,20,23-25,27H2,1H3/t38-,39-,40+,41+,42+/m1/s1. The minimum atomic E-state index is -0.987. The first-order valence-corrected chi connectivity index (χ1v) is 16.4. The molecule has 4 aliphatic rings. The lowest BCUT2D eigenvalue weighted by atomic mass is 9.53. The van der Waals surface area contributed by atoms with Crippen molar-refractivity contribution in [2.45, 2.75) is 82.7 Å². The van der Waals surface area contributed by atoms with Gasteiger partial charge in [0.2, 0.25) is 0 Å². The number of fused-ring (bicyclic) bond motifs is 5. The molecule has 0 saturated heterocycles. The smallest absolute Gasteiger partial charge is 0.131 e. The Labute approximate surface area is 262 Å². The van der Waals surface area contributed by atoms with Crippen molar-refractivity contribution in [3.63, 3.8) is 0 Å². The third-order valence-electron chi connectivity index (χ3n) is 11.1. The third kappa shape index (κ3) is 5.36. The molecule has 0 heterocycles. The van der Waals surface area contributed by atoms with Crippen LogP contribution in [0.2, 0.25) is 0 Å². The van der Waals surface area contributed by atoms with Crippen molar-refractivity contribution < 1.29 is 10.2 Å². The van der Waals surface area contributed by atoms with E-state index in [0.29, 0.717) is 23.5 Å². The van der Waals surface area contributed by atoms with Crippen molar-refractivity contribution in [2.24, 2.45) is 17.3 Å². The summed E-state index contributed by atoms with van der Waals surface area (Å²) in [5, 5.41) is 22.1. The molecule has 44 heavy (non-hydrogen) atoms. The molecule has 3 aromatic rings. The average Bonchev–Trinajstić information content (AvgIpc) is 3.33. The highest BCUT2D eigenvalue weighted by Gasteiger charge is 2.61. The first-order valence-electron chi connectivity index (χ1n) is 16.4. The van der Waals surface area contributed by atoms with E-state index in [9.17, 15) is 10.2 Å². The minimum absolute atomic E-state index is 0.211. The molecule has 2 N–H and O–H groups in total. The molecule has 4 aliphatic carbocycles. The molecule has 220 valence electrons. The number of phenols is 1. The summed E-state index contributed by atoms with van der Waals surface area (Å²) in [7, 11) is 0. The van der Waals surface area contributed by atoms with Crippen LogP contribution in [0.4, 0.5) is 0 Å². The van der Waals surface area contributed by atoms with Gasteiger partial charge in [-0.1, -0.05) is 72.8 Å². The molecule has 0 radical (unpaired) electrons. The summed E-state index contributed by atoms with van der Waals surface area (Å²) in [4.78, 5) is 0. The third-order valence-corrected chi connectivity index (χ3v) is 11.1. The Kier molecular flexibility index (Phi) is 7.63. The quantitative estimate of drug-likeness (QED) is 0.264. The van der Waals surface area contributed by atoms with Crippen molar-refractivity contribution in [1.82, 2.24) is 0 Å². The Balaban J connectivity index is 1.10. The van der Waals surface area contributed by atoms with E-state index in [0.717, 1.165) is 86.5 Å². The molecule has 2 heteroatoms. The van der Waals surface area contributed by atoms with Crippen LogP contribution in [0, 0.1) is 52.8 Å². The van der Waals surface area contributed by atoms with Crippen LogP contribution < -0.4 is 0 Å². The van der Waals surface area contributed by atoms with Crippen LogP contribution in [0.5, 0.6) is 5.75 Å². The van der Waals surface area contributed by atoms with Crippen molar-refractivity contribution in [3.8, 4) is 41.3 Å². The molecule has 0 spiro atoms. The van der Waals surface area contributed by atoms with Gasteiger partial charge in [-0.2, -0.15) is 0 Å². The summed E-state index contributed by atoms with van der Waals surface area (Å²) in [6, 6.07) is 24.2. The van der Waals surface area contributed by atoms with Crippen LogP contribution in [0.15, 0.2) is 83.9 Å². The molecular weight excluding hydrogens is 536 g/mol. The predicted octanol–water partition coefficient (Wildman–Crippen LogP) is 8.30. The number of allylic oxidation sites excluding steroid dienone is 2. The summed E-state index contributed by atoms with van der Waals surface area (Å²) >= 11 is 0. The topological polar surface area (TPSA) is 40.5 Å². The summed E-state index contributed by atoms with van der Waals surface area (Å²) in [6.07, 6.45) is 10.2. The lowest BCUT2D eigenvalue weighted by Crippen LogP contribution is -2.50. The number of aryl methyl sites for hydroxylation is 1. The molecule has 0 amide bonds. The zero-order chi connectivity index (χ0) is 30.1. The van der Waals surface area contributed by atoms with Gasteiger partial charge in [0.15, 0.2) is 0 Å². The second-order valence-electron chi connectivity index (χ2n) is 13.5. The van der Waals surface area contributed by atoms with Crippen molar-refractivity contribution in [1.29, 1.82) is 0 Å². The molecule has 0 unspecified atom stereocenters. The van der Waals surface area contributed by atoms with E-state index in [2.05, 4.69) is 54.6 Å². The largest absolute Gasteiger partial charge is 0.508 e. The Hall–Kier alpha value is -4.16. The van der Waals surface area contributed by atoms with Crippen LogP contribution in [0.25, 0.3) is 0 Å². The molecular formula is C42H40O2. The number of benzene rings is 3. The van der Waals surface area contributed by atoms with Crippen LogP contribution in [0.3, 0.4) is 0 Å². The van der Waals surface area contributed by atoms with Gasteiger partial charge in [0.1, 0.15) is 11.4 Å². The van der Waals surface area contributed by atoms with E-state index in [1.54, 1.807) is 0 Å². The lowest BCUT2D eigenvalue weighted by Gasteiger charge is -2.52. The molecule has 2 nitrogen and oxygen atoms in total. The van der Waals surface area contributed by atoms with Crippen LogP contribution in [-0.4, -0.2) is 15.8 Å². The zero-order valence-corrected chi connectivity index (χ0v) is 25.6. The van der Waals surface area contributed by atoms with Crippen molar-refractivity contribution in [3.05, 3.63) is 112 Å². The van der Waals surface area contributed by atoms with Gasteiger partial charge < -0.3 is 10.2 Å². The number of rotatable bonds is 0. The normalized spacial score (nSPS) is 28.5. The van der Waals surface area contributed by atoms with Crippen molar-refractivity contribution in [2.75, 3.05) is 0 Å². The Morgan fingerprint density at radius 3 is 2.16 bits per heavy atom. The van der Waals surface area contributed by atoms with E-state index >= 15 is 0 Å². The van der Waals surface area contributed by atoms with E-state index in [-0.39, 0.29) is 5.41 Å². The van der Waals surface area contributed by atoms with Gasteiger partial charge in [0, 0.05) is 33.3 Å². The molecule has 0 aromatic heterocycles. The summed E-state index contributed by atoms with van der Waals surface area (Å²) in [5.41, 5.74) is 6.74. The Bertz CT molecular complexity index is 1800. The number of aromatic hydroxyl groups is 1. The molecule has 0 bridgehead atoms. The van der Waals surface area contributed by atoms with Crippen LogP contribution >= 0.6 is 0 Å². The average molecular weight is 577 g/mol. The molecule has 0 aliphatic heterocycles. The van der Waals surface area contributed by atoms with Crippen LogP contribution in [-0.2, 0) is 6.42 Å². The lowest BCUT2D eigenvalue weighted by molar-refractivity contribution is -0.0647. The summed E-state index contributed by atoms with van der Waals surface area (Å²) in [5.74, 6) is 22.3. The van der Waals surface area contributed by atoms with E-state index in [4.69, 9.17) is 0 Å². The predicted molar refractivity (Wildman–Crippen MR) is 177 cm³/mol. The van der Waals surface area contributed by atoms with Gasteiger partial charge in [-0.3, -0.25) is 0 Å². The molecule has 5 atom stereocenters. The fraction of sp³-hybridized carbons (Fsp3) is 0.381. The highest BCUT2D eigenvalue weighted by atomic mass is 16.3. The van der Waals surface area contributed by atoms with E-state index in [1.165, 1.54) is 16.7 Å².